The number of aryl methyl sites for hydroxylation is 1. The summed E-state index contributed by atoms with van der Waals surface area (Å²) in [6.45, 7) is 3.22. The van der Waals surface area contributed by atoms with E-state index in [0.29, 0.717) is 0 Å². The summed E-state index contributed by atoms with van der Waals surface area (Å²) in [6.07, 6.45) is 1.29. The predicted octanol–water partition coefficient (Wildman–Crippen LogP) is -1.19. The molecule has 8 nitrogen and oxygen atoms in total. The second-order valence-corrected chi connectivity index (χ2v) is 5.77. The molecule has 0 fully saturated rings. The number of carbonyl (C=O) groups excluding carboxylic acids is 1. The zero-order chi connectivity index (χ0) is 13.9. The summed E-state index contributed by atoms with van der Waals surface area (Å²) < 4.78 is 27.2. The first-order valence-corrected chi connectivity index (χ1v) is 6.78. The summed E-state index contributed by atoms with van der Waals surface area (Å²) >= 11 is 0. The number of rotatable bonds is 5. The van der Waals surface area contributed by atoms with Gasteiger partial charge in [0.2, 0.25) is 5.91 Å². The van der Waals surface area contributed by atoms with Gasteiger partial charge >= 0.3 is 0 Å². The van der Waals surface area contributed by atoms with Gasteiger partial charge < -0.3 is 15.6 Å². The Morgan fingerprint density at radius 3 is 2.61 bits per heavy atom. The lowest BCUT2D eigenvalue weighted by Crippen LogP contribution is -2.40. The monoisotopic (exact) mass is 275 g/mol. The number of nitrogens with zero attached hydrogens (tertiary/aromatic N) is 2. The van der Waals surface area contributed by atoms with Crippen molar-refractivity contribution in [2.75, 3.05) is 12.3 Å². The first-order chi connectivity index (χ1) is 8.24. The zero-order valence-corrected chi connectivity index (χ0v) is 11.3. The lowest BCUT2D eigenvalue weighted by molar-refractivity contribution is -0.120. The van der Waals surface area contributed by atoms with Crippen molar-refractivity contribution in [2.45, 2.75) is 24.9 Å². The Morgan fingerprint density at radius 2 is 2.17 bits per heavy atom. The van der Waals surface area contributed by atoms with Crippen molar-refractivity contribution in [2.24, 2.45) is 7.05 Å². The van der Waals surface area contributed by atoms with Crippen LogP contribution in [0.1, 0.15) is 13.8 Å². The molecule has 4 N–H and O–H groups in total. The molecule has 0 saturated carbocycles. The number of hydrogen-bond donors (Lipinski definition) is 3. The molecular weight excluding hydrogens is 258 g/mol. The summed E-state index contributed by atoms with van der Waals surface area (Å²) in [4.78, 5) is 15.0. The Bertz CT molecular complexity index is 515. The summed E-state index contributed by atoms with van der Waals surface area (Å²) in [5.74, 6) is -0.511. The van der Waals surface area contributed by atoms with Crippen LogP contribution < -0.4 is 15.8 Å². The number of anilines is 1. The minimum absolute atomic E-state index is 0.0521. The van der Waals surface area contributed by atoms with Crippen LogP contribution in [0.4, 0.5) is 5.82 Å². The predicted molar refractivity (Wildman–Crippen MR) is 66.1 cm³/mol. The number of imidazole rings is 1. The Labute approximate surface area is 106 Å². The number of nitrogens with one attached hydrogen (secondary N) is 2. The van der Waals surface area contributed by atoms with Crippen LogP contribution in [0.25, 0.3) is 0 Å². The molecule has 1 aromatic heterocycles. The average Bonchev–Trinajstić information content (AvgIpc) is 2.55. The molecule has 102 valence electrons. The highest BCUT2D eigenvalue weighted by atomic mass is 32.2. The van der Waals surface area contributed by atoms with Crippen LogP contribution in [0, 0.1) is 0 Å². The van der Waals surface area contributed by atoms with Crippen LogP contribution in [0.5, 0.6) is 0 Å². The normalized spacial score (nSPS) is 11.8. The van der Waals surface area contributed by atoms with Crippen LogP contribution >= 0.6 is 0 Å². The lowest BCUT2D eigenvalue weighted by atomic mass is 10.4. The van der Waals surface area contributed by atoms with E-state index in [2.05, 4.69) is 15.0 Å². The molecule has 18 heavy (non-hydrogen) atoms. The van der Waals surface area contributed by atoms with E-state index in [0.717, 1.165) is 0 Å². The minimum atomic E-state index is -3.84. The minimum Gasteiger partial charge on any atom is -0.381 e. The quantitative estimate of drug-likeness (QED) is 0.624. The van der Waals surface area contributed by atoms with E-state index in [-0.39, 0.29) is 23.4 Å². The SMILES string of the molecule is CC(C)NC(=O)CNS(=O)(=O)c1c(N)ncn1C. The van der Waals surface area contributed by atoms with Crippen molar-refractivity contribution in [1.29, 1.82) is 0 Å². The summed E-state index contributed by atoms with van der Waals surface area (Å²) in [7, 11) is -2.34. The maximum absolute atomic E-state index is 11.9. The van der Waals surface area contributed by atoms with Crippen molar-refractivity contribution >= 4 is 21.7 Å². The number of amides is 1. The maximum atomic E-state index is 11.9. The summed E-state index contributed by atoms with van der Waals surface area (Å²) in [5, 5.41) is 2.42. The van der Waals surface area contributed by atoms with E-state index in [1.807, 2.05) is 0 Å². The van der Waals surface area contributed by atoms with Crippen molar-refractivity contribution < 1.29 is 13.2 Å². The molecule has 0 saturated heterocycles. The van der Waals surface area contributed by atoms with Gasteiger partial charge in [0.1, 0.15) is 0 Å². The zero-order valence-electron chi connectivity index (χ0n) is 10.5. The van der Waals surface area contributed by atoms with Gasteiger partial charge in [0.05, 0.1) is 12.9 Å². The molecule has 0 aliphatic heterocycles. The number of sulfonamides is 1. The number of carbonyl (C=O) groups is 1. The second kappa shape index (κ2) is 5.36. The maximum Gasteiger partial charge on any atom is 0.260 e. The number of nitrogen functional groups attached to an aromatic ring is 1. The first kappa shape index (κ1) is 14.5. The van der Waals surface area contributed by atoms with Gasteiger partial charge in [0, 0.05) is 13.1 Å². The van der Waals surface area contributed by atoms with Crippen LogP contribution in [0.2, 0.25) is 0 Å². The molecule has 0 aromatic carbocycles. The van der Waals surface area contributed by atoms with Crippen molar-refractivity contribution in [3.63, 3.8) is 0 Å². The fourth-order valence-electron chi connectivity index (χ4n) is 1.37. The molecular formula is C9H17N5O3S. The molecule has 1 aromatic rings. The van der Waals surface area contributed by atoms with Gasteiger partial charge in [-0.2, -0.15) is 0 Å². The number of aromatic nitrogens is 2. The Kier molecular flexibility index (Phi) is 4.30. The van der Waals surface area contributed by atoms with Gasteiger partial charge in [-0.15, -0.1) is 0 Å². The van der Waals surface area contributed by atoms with E-state index in [9.17, 15) is 13.2 Å². The largest absolute Gasteiger partial charge is 0.381 e. The standard InChI is InChI=1S/C9H17N5O3S/c1-6(2)13-7(15)4-12-18(16,17)9-8(10)11-5-14(9)3/h5-6,12H,4,10H2,1-3H3,(H,13,15). The molecule has 0 atom stereocenters. The molecule has 0 unspecified atom stereocenters. The lowest BCUT2D eigenvalue weighted by Gasteiger charge is -2.10. The van der Waals surface area contributed by atoms with Crippen molar-refractivity contribution in [3.05, 3.63) is 6.33 Å². The van der Waals surface area contributed by atoms with E-state index >= 15 is 0 Å². The Morgan fingerprint density at radius 1 is 1.56 bits per heavy atom. The molecule has 9 heteroatoms. The van der Waals surface area contributed by atoms with E-state index in [4.69, 9.17) is 5.73 Å². The van der Waals surface area contributed by atoms with Crippen molar-refractivity contribution in [1.82, 2.24) is 19.6 Å². The highest BCUT2D eigenvalue weighted by molar-refractivity contribution is 7.89. The van der Waals surface area contributed by atoms with Gasteiger partial charge in [-0.05, 0) is 13.8 Å². The fraction of sp³-hybridized carbons (Fsp3) is 0.556. The highest BCUT2D eigenvalue weighted by Crippen LogP contribution is 2.14. The molecule has 0 radical (unpaired) electrons. The van der Waals surface area contributed by atoms with Crippen molar-refractivity contribution in [3.8, 4) is 0 Å². The van der Waals surface area contributed by atoms with E-state index < -0.39 is 15.9 Å². The third kappa shape index (κ3) is 3.44. The molecule has 1 amide bonds. The van der Waals surface area contributed by atoms with Gasteiger partial charge in [-0.1, -0.05) is 0 Å². The Hall–Kier alpha value is -1.61. The van der Waals surface area contributed by atoms with Crippen LogP contribution in [0.3, 0.4) is 0 Å². The third-order valence-corrected chi connectivity index (χ3v) is 3.57. The third-order valence-electron chi connectivity index (χ3n) is 2.04. The smallest absolute Gasteiger partial charge is 0.260 e. The van der Waals surface area contributed by atoms with Gasteiger partial charge in [0.15, 0.2) is 10.8 Å². The fourth-order valence-corrected chi connectivity index (χ4v) is 2.58. The summed E-state index contributed by atoms with van der Waals surface area (Å²) in [6, 6.07) is -0.0521. The first-order valence-electron chi connectivity index (χ1n) is 5.30. The van der Waals surface area contributed by atoms with Gasteiger partial charge in [0.25, 0.3) is 10.0 Å². The molecule has 0 aliphatic rings. The molecule has 0 aliphatic carbocycles. The van der Waals surface area contributed by atoms with Crippen LogP contribution in [-0.2, 0) is 21.9 Å². The number of nitrogens with two attached hydrogens (primary N) is 1. The number of hydrogen-bond acceptors (Lipinski definition) is 5. The second-order valence-electron chi connectivity index (χ2n) is 4.09. The van der Waals surface area contributed by atoms with Gasteiger partial charge in [-0.25, -0.2) is 18.1 Å². The van der Waals surface area contributed by atoms with Crippen LogP contribution in [0.15, 0.2) is 11.4 Å². The molecule has 1 heterocycles. The topological polar surface area (TPSA) is 119 Å². The Balaban J connectivity index is 2.75. The van der Waals surface area contributed by atoms with Gasteiger partial charge in [-0.3, -0.25) is 4.79 Å². The average molecular weight is 275 g/mol. The highest BCUT2D eigenvalue weighted by Gasteiger charge is 2.22. The molecule has 1 rings (SSSR count). The molecule has 0 spiro atoms. The van der Waals surface area contributed by atoms with Crippen LogP contribution in [-0.4, -0.2) is 36.5 Å². The van der Waals surface area contributed by atoms with E-state index in [1.165, 1.54) is 17.9 Å². The summed E-state index contributed by atoms with van der Waals surface area (Å²) in [5.41, 5.74) is 5.46. The molecule has 0 bridgehead atoms. The van der Waals surface area contributed by atoms with E-state index in [1.54, 1.807) is 13.8 Å².